The molecule has 0 aliphatic carbocycles. The van der Waals surface area contributed by atoms with Gasteiger partial charge >= 0.3 is 5.97 Å². The fraction of sp³-hybridized carbons (Fsp3) is 0.250. The van der Waals surface area contributed by atoms with Crippen molar-refractivity contribution in [1.82, 2.24) is 20.1 Å². The molecule has 3 aromatic rings. The molecule has 0 spiro atoms. The Kier molecular flexibility index (Phi) is 5.58. The van der Waals surface area contributed by atoms with Crippen molar-refractivity contribution in [2.75, 3.05) is 11.9 Å². The normalized spacial score (nSPS) is 10.9. The van der Waals surface area contributed by atoms with E-state index in [-0.39, 0.29) is 11.9 Å². The molecule has 0 fully saturated rings. The van der Waals surface area contributed by atoms with Crippen molar-refractivity contribution in [1.29, 1.82) is 0 Å². The summed E-state index contributed by atoms with van der Waals surface area (Å²) in [5, 5.41) is 18.7. The molecule has 2 amide bonds. The van der Waals surface area contributed by atoms with Crippen LogP contribution in [-0.4, -0.2) is 44.2 Å². The summed E-state index contributed by atoms with van der Waals surface area (Å²) in [5.74, 6) is -1.94. The van der Waals surface area contributed by atoms with Gasteiger partial charge in [-0.05, 0) is 51.1 Å². The predicted molar refractivity (Wildman–Crippen MR) is 107 cm³/mol. The maximum absolute atomic E-state index is 12.8. The van der Waals surface area contributed by atoms with Crippen LogP contribution in [0.4, 0.5) is 5.69 Å². The van der Waals surface area contributed by atoms with Crippen molar-refractivity contribution in [2.24, 2.45) is 0 Å². The number of carbonyl (C=O) groups is 3. The number of anilines is 1. The van der Waals surface area contributed by atoms with Gasteiger partial charge in [-0.2, -0.15) is 5.10 Å². The average molecular weight is 395 g/mol. The highest BCUT2D eigenvalue weighted by molar-refractivity contribution is 6.12. The zero-order chi connectivity index (χ0) is 21.1. The van der Waals surface area contributed by atoms with Crippen molar-refractivity contribution >= 4 is 34.5 Å². The lowest BCUT2D eigenvalue weighted by atomic mass is 10.1. The smallest absolute Gasteiger partial charge is 0.322 e. The second kappa shape index (κ2) is 8.09. The quantitative estimate of drug-likeness (QED) is 0.588. The molecule has 3 N–H and O–H groups in total. The molecule has 150 valence electrons. The van der Waals surface area contributed by atoms with Crippen molar-refractivity contribution in [3.05, 3.63) is 53.3 Å². The van der Waals surface area contributed by atoms with E-state index >= 15 is 0 Å². The minimum Gasteiger partial charge on any atom is -0.480 e. The maximum Gasteiger partial charge on any atom is 0.322 e. The molecule has 0 radical (unpaired) electrons. The third kappa shape index (κ3) is 4.40. The van der Waals surface area contributed by atoms with Gasteiger partial charge in [0.15, 0.2) is 5.65 Å². The molecule has 0 bridgehead atoms. The molecular weight excluding hydrogens is 374 g/mol. The first-order valence-electron chi connectivity index (χ1n) is 9.02. The SMILES string of the molecule is Cc1cc(C(=O)Nc2ccc(C(=O)NCC(=O)O)cc2)c2cnn(C(C)C)c2n1. The molecule has 0 aliphatic rings. The third-order valence-corrected chi connectivity index (χ3v) is 4.23. The Hall–Kier alpha value is -3.75. The molecule has 0 atom stereocenters. The number of carboxylic acids is 1. The van der Waals surface area contributed by atoms with Crippen LogP contribution >= 0.6 is 0 Å². The number of pyridine rings is 1. The molecule has 0 saturated carbocycles. The van der Waals surface area contributed by atoms with Crippen LogP contribution in [0.2, 0.25) is 0 Å². The van der Waals surface area contributed by atoms with Crippen molar-refractivity contribution in [3.8, 4) is 0 Å². The van der Waals surface area contributed by atoms with Gasteiger partial charge in [-0.15, -0.1) is 0 Å². The molecular formula is C20H21N5O4. The molecule has 0 saturated heterocycles. The van der Waals surface area contributed by atoms with Crippen LogP contribution in [0, 0.1) is 6.92 Å². The van der Waals surface area contributed by atoms with Gasteiger partial charge in [-0.3, -0.25) is 14.4 Å². The third-order valence-electron chi connectivity index (χ3n) is 4.23. The summed E-state index contributed by atoms with van der Waals surface area (Å²) in [6.07, 6.45) is 1.63. The van der Waals surface area contributed by atoms with Crippen LogP contribution in [-0.2, 0) is 4.79 Å². The number of carbonyl (C=O) groups excluding carboxylic acids is 2. The lowest BCUT2D eigenvalue weighted by Gasteiger charge is -2.10. The standard InChI is InChI=1S/C20H21N5O4/c1-11(2)25-18-16(9-22-25)15(8-12(3)23-18)20(29)24-14-6-4-13(5-7-14)19(28)21-10-17(26)27/h4-9,11H,10H2,1-3H3,(H,21,28)(H,24,29)(H,26,27). The van der Waals surface area contributed by atoms with E-state index in [1.807, 2.05) is 20.8 Å². The lowest BCUT2D eigenvalue weighted by molar-refractivity contribution is -0.135. The molecule has 1 aromatic carbocycles. The summed E-state index contributed by atoms with van der Waals surface area (Å²) < 4.78 is 1.77. The number of benzene rings is 1. The van der Waals surface area contributed by atoms with E-state index in [9.17, 15) is 14.4 Å². The number of aryl methyl sites for hydroxylation is 1. The molecule has 9 heteroatoms. The van der Waals surface area contributed by atoms with Gasteiger partial charge in [0.2, 0.25) is 0 Å². The van der Waals surface area contributed by atoms with Crippen LogP contribution in [0.1, 0.15) is 46.3 Å². The van der Waals surface area contributed by atoms with Crippen LogP contribution < -0.4 is 10.6 Å². The molecule has 0 unspecified atom stereocenters. The number of nitrogens with one attached hydrogen (secondary N) is 2. The number of fused-ring (bicyclic) bond motifs is 1. The van der Waals surface area contributed by atoms with Gasteiger partial charge in [0.25, 0.3) is 11.8 Å². The predicted octanol–water partition coefficient (Wildman–Crippen LogP) is 2.39. The van der Waals surface area contributed by atoms with E-state index in [2.05, 4.69) is 20.7 Å². The van der Waals surface area contributed by atoms with Crippen molar-refractivity contribution < 1.29 is 19.5 Å². The number of carboxylic acid groups (broad SMARTS) is 1. The van der Waals surface area contributed by atoms with Crippen LogP contribution in [0.3, 0.4) is 0 Å². The van der Waals surface area contributed by atoms with Crippen LogP contribution in [0.15, 0.2) is 36.5 Å². The monoisotopic (exact) mass is 395 g/mol. The zero-order valence-corrected chi connectivity index (χ0v) is 16.3. The largest absolute Gasteiger partial charge is 0.480 e. The number of aromatic nitrogens is 3. The maximum atomic E-state index is 12.8. The highest BCUT2D eigenvalue weighted by atomic mass is 16.4. The minimum atomic E-state index is -1.12. The summed E-state index contributed by atoms with van der Waals surface area (Å²) in [6, 6.07) is 8.00. The van der Waals surface area contributed by atoms with Crippen molar-refractivity contribution in [3.63, 3.8) is 0 Å². The Morgan fingerprint density at radius 1 is 1.14 bits per heavy atom. The number of amides is 2. The van der Waals surface area contributed by atoms with E-state index in [4.69, 9.17) is 5.11 Å². The zero-order valence-electron chi connectivity index (χ0n) is 16.3. The Balaban J connectivity index is 1.80. The van der Waals surface area contributed by atoms with Gasteiger partial charge in [0, 0.05) is 23.0 Å². The topological polar surface area (TPSA) is 126 Å². The first-order valence-corrected chi connectivity index (χ1v) is 9.02. The summed E-state index contributed by atoms with van der Waals surface area (Å²) >= 11 is 0. The minimum absolute atomic E-state index is 0.109. The van der Waals surface area contributed by atoms with Gasteiger partial charge < -0.3 is 15.7 Å². The summed E-state index contributed by atoms with van der Waals surface area (Å²) in [7, 11) is 0. The second-order valence-electron chi connectivity index (χ2n) is 6.84. The fourth-order valence-corrected chi connectivity index (χ4v) is 2.87. The first kappa shape index (κ1) is 20.0. The van der Waals surface area contributed by atoms with E-state index in [1.165, 1.54) is 12.1 Å². The number of hydrogen-bond donors (Lipinski definition) is 3. The number of aliphatic carboxylic acids is 1. The van der Waals surface area contributed by atoms with Gasteiger partial charge in [0.05, 0.1) is 17.1 Å². The van der Waals surface area contributed by atoms with E-state index in [1.54, 1.807) is 29.1 Å². The number of rotatable bonds is 6. The Morgan fingerprint density at radius 3 is 2.45 bits per heavy atom. The summed E-state index contributed by atoms with van der Waals surface area (Å²) in [4.78, 5) is 39.7. The molecule has 29 heavy (non-hydrogen) atoms. The summed E-state index contributed by atoms with van der Waals surface area (Å²) in [6.45, 7) is 5.34. The van der Waals surface area contributed by atoms with Crippen LogP contribution in [0.5, 0.6) is 0 Å². The second-order valence-corrected chi connectivity index (χ2v) is 6.84. The van der Waals surface area contributed by atoms with E-state index < -0.39 is 18.4 Å². The molecule has 2 aromatic heterocycles. The summed E-state index contributed by atoms with van der Waals surface area (Å²) in [5.41, 5.74) is 2.61. The van der Waals surface area contributed by atoms with Crippen molar-refractivity contribution in [2.45, 2.75) is 26.8 Å². The Morgan fingerprint density at radius 2 is 1.83 bits per heavy atom. The van der Waals surface area contributed by atoms with Gasteiger partial charge in [-0.1, -0.05) is 0 Å². The lowest BCUT2D eigenvalue weighted by Crippen LogP contribution is -2.29. The molecule has 9 nitrogen and oxygen atoms in total. The number of hydrogen-bond acceptors (Lipinski definition) is 5. The first-order chi connectivity index (χ1) is 13.8. The molecule has 0 aliphatic heterocycles. The van der Waals surface area contributed by atoms with E-state index in [0.29, 0.717) is 33.5 Å². The average Bonchev–Trinajstić information content (AvgIpc) is 3.09. The van der Waals surface area contributed by atoms with Crippen LogP contribution in [0.25, 0.3) is 11.0 Å². The molecule has 3 rings (SSSR count). The highest BCUT2D eigenvalue weighted by Crippen LogP contribution is 2.22. The fourth-order valence-electron chi connectivity index (χ4n) is 2.87. The molecule has 2 heterocycles. The Bertz CT molecular complexity index is 1090. The Labute approximate surface area is 166 Å². The number of nitrogens with zero attached hydrogens (tertiary/aromatic N) is 3. The van der Waals surface area contributed by atoms with E-state index in [0.717, 1.165) is 0 Å². The highest BCUT2D eigenvalue weighted by Gasteiger charge is 2.17. The van der Waals surface area contributed by atoms with Gasteiger partial charge in [-0.25, -0.2) is 9.67 Å². The van der Waals surface area contributed by atoms with Gasteiger partial charge in [0.1, 0.15) is 6.54 Å².